The normalized spacial score (nSPS) is 22.7. The monoisotopic (exact) mass is 278 g/mol. The molecule has 2 unspecified atom stereocenters. The van der Waals surface area contributed by atoms with E-state index in [-0.39, 0.29) is 6.04 Å². The summed E-state index contributed by atoms with van der Waals surface area (Å²) in [7, 11) is 6.05. The second-order valence-corrected chi connectivity index (χ2v) is 5.60. The summed E-state index contributed by atoms with van der Waals surface area (Å²) in [5.74, 6) is 6.74. The largest absolute Gasteiger partial charge is 0.496 e. The molecule has 112 valence electrons. The SMILES string of the molecule is COc1ccccc1CC(NN)C1CN(C)CCN1C. The molecule has 5 heteroatoms. The minimum Gasteiger partial charge on any atom is -0.496 e. The number of methoxy groups -OCH3 is 1. The number of para-hydroxylation sites is 1. The lowest BCUT2D eigenvalue weighted by Gasteiger charge is -2.41. The molecule has 1 saturated heterocycles. The van der Waals surface area contributed by atoms with Gasteiger partial charge in [0.25, 0.3) is 0 Å². The van der Waals surface area contributed by atoms with Crippen LogP contribution in [-0.4, -0.2) is 62.7 Å². The maximum Gasteiger partial charge on any atom is 0.122 e. The summed E-state index contributed by atoms with van der Waals surface area (Å²) in [5.41, 5.74) is 4.19. The third-order valence-electron chi connectivity index (χ3n) is 4.21. The molecular formula is C15H26N4O. The van der Waals surface area contributed by atoms with E-state index in [9.17, 15) is 0 Å². The molecule has 0 radical (unpaired) electrons. The van der Waals surface area contributed by atoms with E-state index in [1.807, 2.05) is 18.2 Å². The van der Waals surface area contributed by atoms with Crippen LogP contribution in [0.25, 0.3) is 0 Å². The van der Waals surface area contributed by atoms with Crippen LogP contribution in [0.4, 0.5) is 0 Å². The second kappa shape index (κ2) is 7.04. The van der Waals surface area contributed by atoms with Gasteiger partial charge in [-0.15, -0.1) is 0 Å². The van der Waals surface area contributed by atoms with Crippen molar-refractivity contribution in [2.75, 3.05) is 40.8 Å². The van der Waals surface area contributed by atoms with Gasteiger partial charge in [0, 0.05) is 31.7 Å². The average molecular weight is 278 g/mol. The number of likely N-dealkylation sites (N-methyl/N-ethyl adjacent to an activating group) is 2. The van der Waals surface area contributed by atoms with Gasteiger partial charge in [0.05, 0.1) is 7.11 Å². The molecule has 0 saturated carbocycles. The van der Waals surface area contributed by atoms with Crippen molar-refractivity contribution in [1.29, 1.82) is 0 Å². The van der Waals surface area contributed by atoms with Gasteiger partial charge in [-0.3, -0.25) is 16.2 Å². The Morgan fingerprint density at radius 1 is 1.35 bits per heavy atom. The summed E-state index contributed by atoms with van der Waals surface area (Å²) in [4.78, 5) is 4.75. The molecule has 0 amide bonds. The van der Waals surface area contributed by atoms with Crippen LogP contribution in [0.1, 0.15) is 5.56 Å². The molecule has 5 nitrogen and oxygen atoms in total. The van der Waals surface area contributed by atoms with Crippen molar-refractivity contribution in [1.82, 2.24) is 15.2 Å². The zero-order valence-corrected chi connectivity index (χ0v) is 12.7. The first-order chi connectivity index (χ1) is 9.65. The highest BCUT2D eigenvalue weighted by Gasteiger charge is 2.29. The van der Waals surface area contributed by atoms with Crippen LogP contribution in [0.3, 0.4) is 0 Å². The van der Waals surface area contributed by atoms with E-state index in [1.54, 1.807) is 7.11 Å². The quantitative estimate of drug-likeness (QED) is 0.600. The number of nitrogens with zero attached hydrogens (tertiary/aromatic N) is 2. The first-order valence-corrected chi connectivity index (χ1v) is 7.12. The Labute approximate surface area is 121 Å². The van der Waals surface area contributed by atoms with Crippen LogP contribution in [0.15, 0.2) is 24.3 Å². The molecule has 1 aliphatic heterocycles. The van der Waals surface area contributed by atoms with Gasteiger partial charge in [-0.2, -0.15) is 0 Å². The predicted molar refractivity (Wildman–Crippen MR) is 81.7 cm³/mol. The lowest BCUT2D eigenvalue weighted by atomic mass is 9.96. The molecule has 1 aromatic rings. The van der Waals surface area contributed by atoms with E-state index in [0.717, 1.165) is 31.8 Å². The van der Waals surface area contributed by atoms with E-state index in [2.05, 4.69) is 35.4 Å². The Morgan fingerprint density at radius 2 is 2.10 bits per heavy atom. The number of nitrogens with one attached hydrogen (secondary N) is 1. The molecule has 3 N–H and O–H groups in total. The van der Waals surface area contributed by atoms with E-state index in [0.29, 0.717) is 6.04 Å². The van der Waals surface area contributed by atoms with Gasteiger partial charge in [0.1, 0.15) is 5.75 Å². The van der Waals surface area contributed by atoms with Crippen molar-refractivity contribution in [2.24, 2.45) is 5.84 Å². The standard InChI is InChI=1S/C15H26N4O/c1-18-8-9-19(2)14(11-18)13(17-16)10-12-6-4-5-7-15(12)20-3/h4-7,13-14,17H,8-11,16H2,1-3H3. The van der Waals surface area contributed by atoms with E-state index < -0.39 is 0 Å². The van der Waals surface area contributed by atoms with Crippen molar-refractivity contribution < 1.29 is 4.74 Å². The molecule has 2 atom stereocenters. The summed E-state index contributed by atoms with van der Waals surface area (Å²) in [6.07, 6.45) is 0.864. The fourth-order valence-electron chi connectivity index (χ4n) is 2.89. The number of nitrogens with two attached hydrogens (primary N) is 1. The van der Waals surface area contributed by atoms with E-state index >= 15 is 0 Å². The minimum atomic E-state index is 0.207. The summed E-state index contributed by atoms with van der Waals surface area (Å²) >= 11 is 0. The van der Waals surface area contributed by atoms with Crippen LogP contribution in [0.2, 0.25) is 0 Å². The highest BCUT2D eigenvalue weighted by molar-refractivity contribution is 5.34. The van der Waals surface area contributed by atoms with Gasteiger partial charge < -0.3 is 9.64 Å². The molecule has 0 bridgehead atoms. The molecule has 0 aromatic heterocycles. The highest BCUT2D eigenvalue weighted by atomic mass is 16.5. The second-order valence-electron chi connectivity index (χ2n) is 5.60. The summed E-state index contributed by atoms with van der Waals surface area (Å²) in [6, 6.07) is 8.76. The van der Waals surface area contributed by atoms with Crippen molar-refractivity contribution in [3.63, 3.8) is 0 Å². The first kappa shape index (κ1) is 15.3. The molecule has 2 rings (SSSR count). The summed E-state index contributed by atoms with van der Waals surface area (Å²) < 4.78 is 5.43. The number of rotatable bonds is 5. The fraction of sp³-hybridized carbons (Fsp3) is 0.600. The van der Waals surface area contributed by atoms with Gasteiger partial charge in [0.15, 0.2) is 0 Å². The third kappa shape index (κ3) is 3.49. The number of hydrazine groups is 1. The molecule has 1 fully saturated rings. The summed E-state index contributed by atoms with van der Waals surface area (Å²) in [5, 5.41) is 0. The molecule has 1 aromatic carbocycles. The van der Waals surface area contributed by atoms with Crippen LogP contribution in [0, 0.1) is 0 Å². The Hall–Kier alpha value is -1.14. The number of benzene rings is 1. The maximum absolute atomic E-state index is 5.81. The highest BCUT2D eigenvalue weighted by Crippen LogP contribution is 2.21. The topological polar surface area (TPSA) is 53.8 Å². The average Bonchev–Trinajstić information content (AvgIpc) is 2.48. The van der Waals surface area contributed by atoms with Crippen LogP contribution < -0.4 is 16.0 Å². The smallest absolute Gasteiger partial charge is 0.122 e. The molecule has 1 heterocycles. The Bertz CT molecular complexity index is 426. The molecule has 20 heavy (non-hydrogen) atoms. The molecule has 0 spiro atoms. The van der Waals surface area contributed by atoms with Crippen LogP contribution >= 0.6 is 0 Å². The molecular weight excluding hydrogens is 252 g/mol. The lowest BCUT2D eigenvalue weighted by Crippen LogP contribution is -2.60. The fourth-order valence-corrected chi connectivity index (χ4v) is 2.89. The van der Waals surface area contributed by atoms with Gasteiger partial charge in [-0.25, -0.2) is 0 Å². The van der Waals surface area contributed by atoms with Crippen LogP contribution in [0.5, 0.6) is 5.75 Å². The van der Waals surface area contributed by atoms with Gasteiger partial charge >= 0.3 is 0 Å². The van der Waals surface area contributed by atoms with Crippen molar-refractivity contribution in [3.8, 4) is 5.75 Å². The first-order valence-electron chi connectivity index (χ1n) is 7.12. The maximum atomic E-state index is 5.81. The Kier molecular flexibility index (Phi) is 5.37. The van der Waals surface area contributed by atoms with Crippen molar-refractivity contribution in [2.45, 2.75) is 18.5 Å². The Balaban J connectivity index is 2.11. The van der Waals surface area contributed by atoms with Gasteiger partial charge in [-0.1, -0.05) is 18.2 Å². The summed E-state index contributed by atoms with van der Waals surface area (Å²) in [6.45, 7) is 3.21. The van der Waals surface area contributed by atoms with E-state index in [4.69, 9.17) is 10.6 Å². The number of hydrogen-bond donors (Lipinski definition) is 2. The zero-order valence-electron chi connectivity index (χ0n) is 12.7. The van der Waals surface area contributed by atoms with Crippen molar-refractivity contribution >= 4 is 0 Å². The molecule has 0 aliphatic carbocycles. The van der Waals surface area contributed by atoms with Gasteiger partial charge in [0.2, 0.25) is 0 Å². The number of piperazine rings is 1. The van der Waals surface area contributed by atoms with Gasteiger partial charge in [-0.05, 0) is 32.1 Å². The number of hydrogen-bond acceptors (Lipinski definition) is 5. The van der Waals surface area contributed by atoms with E-state index in [1.165, 1.54) is 5.56 Å². The lowest BCUT2D eigenvalue weighted by molar-refractivity contribution is 0.0875. The minimum absolute atomic E-state index is 0.207. The molecule has 1 aliphatic rings. The zero-order chi connectivity index (χ0) is 14.5. The van der Waals surface area contributed by atoms with Crippen molar-refractivity contribution in [3.05, 3.63) is 29.8 Å². The number of ether oxygens (including phenoxy) is 1. The Morgan fingerprint density at radius 3 is 2.80 bits per heavy atom. The predicted octanol–water partition coefficient (Wildman–Crippen LogP) is 0.315. The third-order valence-corrected chi connectivity index (χ3v) is 4.21. The van der Waals surface area contributed by atoms with Crippen LogP contribution in [-0.2, 0) is 6.42 Å².